The second kappa shape index (κ2) is 5.61. The number of aryl methyl sites for hydroxylation is 1. The van der Waals surface area contributed by atoms with Crippen LogP contribution < -0.4 is 5.32 Å². The van der Waals surface area contributed by atoms with Gasteiger partial charge in [0.1, 0.15) is 11.3 Å². The normalized spacial score (nSPS) is 20.9. The second-order valence-electron chi connectivity index (χ2n) is 5.87. The molecule has 1 unspecified atom stereocenters. The largest absolute Gasteiger partial charge is 0.444 e. The molecule has 25 heavy (non-hydrogen) atoms. The first-order valence-corrected chi connectivity index (χ1v) is 7.34. The lowest BCUT2D eigenvalue weighted by molar-refractivity contribution is -0.138. The van der Waals surface area contributed by atoms with Crippen LogP contribution >= 0.6 is 0 Å². The van der Waals surface area contributed by atoms with Gasteiger partial charge in [-0.15, -0.1) is 0 Å². The number of amides is 3. The Balaban J connectivity index is 1.92. The van der Waals surface area contributed by atoms with E-state index in [1.807, 2.05) is 0 Å². The Morgan fingerprint density at radius 1 is 1.32 bits per heavy atom. The summed E-state index contributed by atoms with van der Waals surface area (Å²) >= 11 is 0. The van der Waals surface area contributed by atoms with Crippen molar-refractivity contribution in [2.24, 2.45) is 0 Å². The molecule has 1 atom stereocenters. The van der Waals surface area contributed by atoms with Gasteiger partial charge in [-0.2, -0.15) is 13.2 Å². The zero-order valence-electron chi connectivity index (χ0n) is 13.3. The number of rotatable bonds is 3. The lowest BCUT2D eigenvalue weighted by Gasteiger charge is -2.23. The van der Waals surface area contributed by atoms with E-state index < -0.39 is 29.2 Å². The van der Waals surface area contributed by atoms with Crippen LogP contribution in [-0.2, 0) is 23.1 Å². The van der Waals surface area contributed by atoms with E-state index in [1.54, 1.807) is 6.92 Å². The van der Waals surface area contributed by atoms with Crippen molar-refractivity contribution in [2.45, 2.75) is 32.1 Å². The molecule has 0 spiro atoms. The van der Waals surface area contributed by atoms with Crippen LogP contribution in [0.5, 0.6) is 0 Å². The fraction of sp³-hybridized carbons (Fsp3) is 0.312. The smallest absolute Gasteiger partial charge is 0.416 e. The van der Waals surface area contributed by atoms with Crippen molar-refractivity contribution >= 4 is 11.9 Å². The maximum absolute atomic E-state index is 12.9. The van der Waals surface area contributed by atoms with E-state index in [2.05, 4.69) is 10.3 Å². The maximum atomic E-state index is 12.9. The number of benzene rings is 1. The van der Waals surface area contributed by atoms with Crippen LogP contribution in [0.15, 0.2) is 34.9 Å². The van der Waals surface area contributed by atoms with E-state index in [0.29, 0.717) is 11.7 Å². The Labute approximate surface area is 140 Å². The quantitative estimate of drug-likeness (QED) is 0.861. The van der Waals surface area contributed by atoms with Gasteiger partial charge >= 0.3 is 12.2 Å². The highest BCUT2D eigenvalue weighted by atomic mass is 19.4. The molecule has 1 fully saturated rings. The molecule has 2 aromatic rings. The van der Waals surface area contributed by atoms with Gasteiger partial charge in [0.15, 0.2) is 5.89 Å². The number of hydrogen-bond acceptors (Lipinski definition) is 4. The Kier molecular flexibility index (Phi) is 3.81. The van der Waals surface area contributed by atoms with Crippen LogP contribution in [0.4, 0.5) is 18.0 Å². The number of urea groups is 1. The van der Waals surface area contributed by atoms with Gasteiger partial charge < -0.3 is 9.73 Å². The third-order valence-electron chi connectivity index (χ3n) is 4.03. The van der Waals surface area contributed by atoms with Crippen LogP contribution in [0.25, 0.3) is 0 Å². The predicted octanol–water partition coefficient (Wildman–Crippen LogP) is 2.97. The van der Waals surface area contributed by atoms with Gasteiger partial charge in [-0.3, -0.25) is 9.69 Å². The van der Waals surface area contributed by atoms with E-state index in [-0.39, 0.29) is 12.1 Å². The molecule has 3 rings (SSSR count). The summed E-state index contributed by atoms with van der Waals surface area (Å²) in [5.74, 6) is 0.0165. The fourth-order valence-corrected chi connectivity index (χ4v) is 2.68. The number of carbonyl (C=O) groups is 2. The van der Waals surface area contributed by atoms with Crippen molar-refractivity contribution in [3.05, 3.63) is 53.2 Å². The molecule has 1 aliphatic heterocycles. The summed E-state index contributed by atoms with van der Waals surface area (Å²) in [6.07, 6.45) is -3.16. The molecule has 1 aliphatic rings. The highest BCUT2D eigenvalue weighted by Crippen LogP contribution is 2.35. The number of imide groups is 1. The minimum Gasteiger partial charge on any atom is -0.444 e. The average molecular weight is 353 g/mol. The minimum absolute atomic E-state index is 0.0527. The van der Waals surface area contributed by atoms with E-state index in [9.17, 15) is 22.8 Å². The van der Waals surface area contributed by atoms with Crippen LogP contribution in [-0.4, -0.2) is 21.8 Å². The van der Waals surface area contributed by atoms with Gasteiger partial charge in [0.2, 0.25) is 0 Å². The van der Waals surface area contributed by atoms with Gasteiger partial charge in [0.25, 0.3) is 5.91 Å². The van der Waals surface area contributed by atoms with E-state index >= 15 is 0 Å². The lowest BCUT2D eigenvalue weighted by atomic mass is 9.90. The van der Waals surface area contributed by atoms with Crippen LogP contribution in [0.3, 0.4) is 0 Å². The standard InChI is InChI=1S/C16H14F3N3O3/c1-9-20-7-12(25-9)8-22-13(23)15(2,21-14(22)24)10-4-3-5-11(6-10)16(17,18)19/h3-7H,8H2,1-2H3,(H,21,24). The van der Waals surface area contributed by atoms with Crippen molar-refractivity contribution in [3.8, 4) is 0 Å². The molecule has 1 N–H and O–H groups in total. The summed E-state index contributed by atoms with van der Waals surface area (Å²) < 4.78 is 44.0. The van der Waals surface area contributed by atoms with Crippen molar-refractivity contribution < 1.29 is 27.2 Å². The minimum atomic E-state index is -4.55. The molecule has 1 aromatic carbocycles. The van der Waals surface area contributed by atoms with Crippen molar-refractivity contribution in [1.29, 1.82) is 0 Å². The van der Waals surface area contributed by atoms with E-state index in [1.165, 1.54) is 25.3 Å². The summed E-state index contributed by atoms with van der Waals surface area (Å²) in [7, 11) is 0. The molecule has 0 aliphatic carbocycles. The summed E-state index contributed by atoms with van der Waals surface area (Å²) in [6, 6.07) is 3.63. The summed E-state index contributed by atoms with van der Waals surface area (Å²) in [4.78, 5) is 29.7. The van der Waals surface area contributed by atoms with Crippen LogP contribution in [0.2, 0.25) is 0 Å². The van der Waals surface area contributed by atoms with Gasteiger partial charge in [0.05, 0.1) is 18.3 Å². The fourth-order valence-electron chi connectivity index (χ4n) is 2.68. The third kappa shape index (κ3) is 2.97. The number of carbonyl (C=O) groups excluding carboxylic acids is 2. The zero-order chi connectivity index (χ0) is 18.4. The first-order valence-electron chi connectivity index (χ1n) is 7.34. The molecule has 1 saturated heterocycles. The maximum Gasteiger partial charge on any atom is 0.416 e. The molecule has 9 heteroatoms. The molecule has 0 radical (unpaired) electrons. The number of aromatic nitrogens is 1. The highest BCUT2D eigenvalue weighted by molar-refractivity contribution is 6.07. The van der Waals surface area contributed by atoms with Crippen molar-refractivity contribution in [3.63, 3.8) is 0 Å². The zero-order valence-corrected chi connectivity index (χ0v) is 13.3. The first kappa shape index (κ1) is 17.0. The molecule has 132 valence electrons. The number of oxazole rings is 1. The molecule has 0 saturated carbocycles. The molecule has 2 heterocycles. The van der Waals surface area contributed by atoms with E-state index in [0.717, 1.165) is 17.0 Å². The average Bonchev–Trinajstić information content (AvgIpc) is 3.04. The van der Waals surface area contributed by atoms with Gasteiger partial charge in [-0.1, -0.05) is 12.1 Å². The van der Waals surface area contributed by atoms with Crippen molar-refractivity contribution in [2.75, 3.05) is 0 Å². The van der Waals surface area contributed by atoms with Gasteiger partial charge in [-0.25, -0.2) is 9.78 Å². The number of nitrogens with one attached hydrogen (secondary N) is 1. The molecule has 1 aromatic heterocycles. The topological polar surface area (TPSA) is 75.4 Å². The molecular weight excluding hydrogens is 339 g/mol. The molecule has 3 amide bonds. The Bertz CT molecular complexity index is 846. The number of alkyl halides is 3. The van der Waals surface area contributed by atoms with Crippen LogP contribution in [0.1, 0.15) is 29.7 Å². The van der Waals surface area contributed by atoms with Crippen LogP contribution in [0, 0.1) is 6.92 Å². The van der Waals surface area contributed by atoms with Gasteiger partial charge in [0, 0.05) is 6.92 Å². The number of nitrogens with zero attached hydrogens (tertiary/aromatic N) is 2. The molecule has 0 bridgehead atoms. The SMILES string of the molecule is Cc1ncc(CN2C(=O)NC(C)(c3cccc(C(F)(F)F)c3)C2=O)o1. The number of hydrogen-bond donors (Lipinski definition) is 1. The summed E-state index contributed by atoms with van der Waals surface area (Å²) in [5.41, 5.74) is -2.43. The molecular formula is C16H14F3N3O3. The monoisotopic (exact) mass is 353 g/mol. The Morgan fingerprint density at radius 3 is 2.64 bits per heavy atom. The second-order valence-corrected chi connectivity index (χ2v) is 5.87. The summed E-state index contributed by atoms with van der Waals surface area (Å²) in [5, 5.41) is 2.46. The number of halogens is 3. The predicted molar refractivity (Wildman–Crippen MR) is 79.1 cm³/mol. The van der Waals surface area contributed by atoms with E-state index in [4.69, 9.17) is 4.42 Å². The van der Waals surface area contributed by atoms with Gasteiger partial charge in [-0.05, 0) is 24.6 Å². The summed E-state index contributed by atoms with van der Waals surface area (Å²) in [6.45, 7) is 2.83. The highest BCUT2D eigenvalue weighted by Gasteiger charge is 2.49. The third-order valence-corrected chi connectivity index (χ3v) is 4.03. The first-order chi connectivity index (χ1) is 11.6. The molecule has 6 nitrogen and oxygen atoms in total. The lowest BCUT2D eigenvalue weighted by Crippen LogP contribution is -2.41. The van der Waals surface area contributed by atoms with Crippen molar-refractivity contribution in [1.82, 2.24) is 15.2 Å². The Morgan fingerprint density at radius 2 is 2.04 bits per heavy atom. The Hall–Kier alpha value is -2.84.